The predicted molar refractivity (Wildman–Crippen MR) is 133 cm³/mol. The number of ether oxygens (including phenoxy) is 2. The molecule has 36 heavy (non-hydrogen) atoms. The fraction of sp³-hybridized carbons (Fsp3) is 0.542. The van der Waals surface area contributed by atoms with Crippen molar-refractivity contribution in [2.45, 2.75) is 70.0 Å². The first-order valence-corrected chi connectivity index (χ1v) is 13.7. The first kappa shape index (κ1) is 24.7. The Morgan fingerprint density at radius 2 is 1.92 bits per heavy atom. The van der Waals surface area contributed by atoms with E-state index in [1.165, 1.54) is 7.11 Å². The van der Waals surface area contributed by atoms with Crippen molar-refractivity contribution >= 4 is 16.0 Å². The molecule has 0 unspecified atom stereocenters. The zero-order chi connectivity index (χ0) is 25.4. The lowest BCUT2D eigenvalue weighted by atomic mass is 9.89. The van der Waals surface area contributed by atoms with Gasteiger partial charge in [0, 0.05) is 44.1 Å². The van der Waals surface area contributed by atoms with Gasteiger partial charge < -0.3 is 9.47 Å². The van der Waals surface area contributed by atoms with Gasteiger partial charge in [-0.2, -0.15) is 0 Å². The summed E-state index contributed by atoms with van der Waals surface area (Å²) >= 11 is 0. The second-order valence-corrected chi connectivity index (χ2v) is 11.5. The van der Waals surface area contributed by atoms with Gasteiger partial charge >= 0.3 is 0 Å². The van der Waals surface area contributed by atoms with E-state index in [2.05, 4.69) is 29.9 Å². The van der Waals surface area contributed by atoms with Crippen molar-refractivity contribution in [2.24, 2.45) is 0 Å². The molecule has 0 aliphatic carbocycles. The van der Waals surface area contributed by atoms with E-state index in [1.54, 1.807) is 25.5 Å². The summed E-state index contributed by atoms with van der Waals surface area (Å²) in [6, 6.07) is -0.143. The Bertz CT molecular complexity index is 1340. The molecule has 5 rings (SSSR count). The highest BCUT2D eigenvalue weighted by Gasteiger charge is 2.39. The quantitative estimate of drug-likeness (QED) is 0.506. The largest absolute Gasteiger partial charge is 0.376 e. The third kappa shape index (κ3) is 4.48. The van der Waals surface area contributed by atoms with Crippen LogP contribution in [0.15, 0.2) is 24.8 Å². The summed E-state index contributed by atoms with van der Waals surface area (Å²) in [5.41, 5.74) is 3.94. The first-order chi connectivity index (χ1) is 17.3. The lowest BCUT2D eigenvalue weighted by Crippen LogP contribution is -2.37. The van der Waals surface area contributed by atoms with Crippen LogP contribution in [0.4, 0.5) is 5.95 Å². The molecule has 1 fully saturated rings. The molecule has 0 amide bonds. The molecule has 4 atom stereocenters. The number of fused-ring (bicyclic) bond motifs is 3. The molecule has 0 bridgehead atoms. The van der Waals surface area contributed by atoms with Gasteiger partial charge in [-0.25, -0.2) is 18.4 Å². The molecule has 1 saturated heterocycles. The molecule has 0 aromatic carbocycles. The number of aromatic nitrogens is 6. The molecule has 0 radical (unpaired) electrons. The second kappa shape index (κ2) is 9.83. The molecule has 192 valence electrons. The van der Waals surface area contributed by atoms with Crippen molar-refractivity contribution in [1.29, 1.82) is 0 Å². The topological polar surface area (TPSA) is 134 Å². The van der Waals surface area contributed by atoms with Crippen LogP contribution >= 0.6 is 0 Å². The zero-order valence-electron chi connectivity index (χ0n) is 20.9. The first-order valence-electron chi connectivity index (χ1n) is 12.1. The van der Waals surface area contributed by atoms with E-state index < -0.39 is 21.4 Å². The predicted octanol–water partition coefficient (Wildman–Crippen LogP) is 2.93. The number of sulfonamides is 1. The molecular formula is C24H31N7O4S. The maximum absolute atomic E-state index is 13.5. The van der Waals surface area contributed by atoms with Crippen molar-refractivity contribution < 1.29 is 17.9 Å². The number of hydrogen-bond donors (Lipinski definition) is 1. The maximum atomic E-state index is 13.5. The molecular weight excluding hydrogens is 482 g/mol. The van der Waals surface area contributed by atoms with Crippen LogP contribution in [0, 0.1) is 13.8 Å². The average molecular weight is 514 g/mol. The third-order valence-corrected chi connectivity index (χ3v) is 8.75. The van der Waals surface area contributed by atoms with E-state index in [0.29, 0.717) is 24.7 Å². The van der Waals surface area contributed by atoms with E-state index in [-0.39, 0.29) is 18.1 Å². The number of pyridine rings is 1. The van der Waals surface area contributed by atoms with E-state index in [1.807, 2.05) is 24.6 Å². The van der Waals surface area contributed by atoms with Gasteiger partial charge in [-0.3, -0.25) is 14.3 Å². The van der Waals surface area contributed by atoms with Crippen molar-refractivity contribution in [1.82, 2.24) is 29.7 Å². The highest BCUT2D eigenvalue weighted by Crippen LogP contribution is 2.41. The fourth-order valence-corrected chi connectivity index (χ4v) is 6.16. The van der Waals surface area contributed by atoms with E-state index in [4.69, 9.17) is 9.47 Å². The van der Waals surface area contributed by atoms with E-state index >= 15 is 0 Å². The van der Waals surface area contributed by atoms with Crippen molar-refractivity contribution in [3.05, 3.63) is 47.3 Å². The molecule has 11 nitrogen and oxygen atoms in total. The Morgan fingerprint density at radius 3 is 2.61 bits per heavy atom. The number of aryl methyl sites for hydroxylation is 2. The fourth-order valence-electron chi connectivity index (χ4n) is 5.02. The van der Waals surface area contributed by atoms with Crippen LogP contribution in [0.5, 0.6) is 0 Å². The van der Waals surface area contributed by atoms with Crippen LogP contribution in [0.3, 0.4) is 0 Å². The highest BCUT2D eigenvalue weighted by atomic mass is 32.2. The van der Waals surface area contributed by atoms with Gasteiger partial charge in [-0.15, -0.1) is 10.2 Å². The summed E-state index contributed by atoms with van der Waals surface area (Å²) in [5.74, 6) is 1.04. The number of anilines is 1. The number of nitrogens with zero attached hydrogens (tertiary/aromatic N) is 6. The van der Waals surface area contributed by atoms with Gasteiger partial charge in [0.2, 0.25) is 16.0 Å². The summed E-state index contributed by atoms with van der Waals surface area (Å²) in [6.45, 7) is 6.14. The minimum atomic E-state index is -3.96. The monoisotopic (exact) mass is 513 g/mol. The van der Waals surface area contributed by atoms with E-state index in [0.717, 1.165) is 41.5 Å². The Morgan fingerprint density at radius 1 is 1.14 bits per heavy atom. The Hall–Kier alpha value is -2.96. The summed E-state index contributed by atoms with van der Waals surface area (Å²) < 4.78 is 43.3. The van der Waals surface area contributed by atoms with E-state index in [9.17, 15) is 8.42 Å². The SMILES string of the molecule is CO[C@H](c1ncc(C)cn1)[C@H](C)S(=O)(=O)Nc1nnc2n1[C@H]([C@H]1CCCCO1)Cc1c(C)cncc1-2. The normalized spacial score (nSPS) is 21.3. The Balaban J connectivity index is 1.51. The molecule has 0 saturated carbocycles. The lowest BCUT2D eigenvalue weighted by Gasteiger charge is -2.36. The third-order valence-electron chi connectivity index (χ3n) is 7.06. The van der Waals surface area contributed by atoms with Crippen LogP contribution in [-0.2, 0) is 25.9 Å². The lowest BCUT2D eigenvalue weighted by molar-refractivity contribution is -0.0166. The van der Waals surface area contributed by atoms with Crippen LogP contribution < -0.4 is 4.72 Å². The molecule has 1 N–H and O–H groups in total. The molecule has 2 aliphatic rings. The minimum Gasteiger partial charge on any atom is -0.376 e. The summed E-state index contributed by atoms with van der Waals surface area (Å²) in [6.07, 6.45) is 9.60. The molecule has 2 aliphatic heterocycles. The molecule has 12 heteroatoms. The van der Waals surface area contributed by atoms with Crippen LogP contribution in [0.2, 0.25) is 0 Å². The molecule has 0 spiro atoms. The van der Waals surface area contributed by atoms with Crippen LogP contribution in [-0.4, -0.2) is 63.2 Å². The summed E-state index contributed by atoms with van der Waals surface area (Å²) in [7, 11) is -2.51. The number of nitrogens with one attached hydrogen (secondary N) is 1. The maximum Gasteiger partial charge on any atom is 0.240 e. The molecule has 3 aromatic heterocycles. The van der Waals surface area contributed by atoms with Crippen LogP contribution in [0.25, 0.3) is 11.4 Å². The number of methoxy groups -OCH3 is 1. The summed E-state index contributed by atoms with van der Waals surface area (Å²) in [5, 5.41) is 7.67. The van der Waals surface area contributed by atoms with Crippen molar-refractivity contribution in [2.75, 3.05) is 18.4 Å². The number of hydrogen-bond acceptors (Lipinski definition) is 9. The average Bonchev–Trinajstić information content (AvgIpc) is 3.29. The standard InChI is InChI=1S/C24H31N7O4S/c1-14-10-26-22(27-11-14)21(34-4)16(3)36(32,33)30-24-29-28-23-18-13-25-12-15(2)17(18)9-19(31(23)24)20-7-5-6-8-35-20/h10-13,16,19-21H,5-9H2,1-4H3,(H,29,30)/t16-,19-,20+,21-/m0/s1. The van der Waals surface area contributed by atoms with Crippen molar-refractivity contribution in [3.8, 4) is 11.4 Å². The molecule has 5 heterocycles. The second-order valence-electron chi connectivity index (χ2n) is 9.50. The van der Waals surface area contributed by atoms with Gasteiger partial charge in [0.1, 0.15) is 11.4 Å². The minimum absolute atomic E-state index is 0.0671. The molecule has 3 aromatic rings. The highest BCUT2D eigenvalue weighted by molar-refractivity contribution is 7.93. The Kier molecular flexibility index (Phi) is 6.75. The smallest absolute Gasteiger partial charge is 0.240 e. The zero-order valence-corrected chi connectivity index (χ0v) is 21.7. The van der Waals surface area contributed by atoms with Crippen molar-refractivity contribution in [3.63, 3.8) is 0 Å². The van der Waals surface area contributed by atoms with Crippen LogP contribution in [0.1, 0.15) is 60.8 Å². The summed E-state index contributed by atoms with van der Waals surface area (Å²) in [4.78, 5) is 12.9. The van der Waals surface area contributed by atoms with Gasteiger partial charge in [0.05, 0.1) is 12.1 Å². The van der Waals surface area contributed by atoms with Gasteiger partial charge in [0.15, 0.2) is 11.6 Å². The van der Waals surface area contributed by atoms with Gasteiger partial charge in [-0.05, 0) is 63.1 Å². The number of rotatable bonds is 7. The van der Waals surface area contributed by atoms with Gasteiger partial charge in [0.25, 0.3) is 0 Å². The van der Waals surface area contributed by atoms with Gasteiger partial charge in [-0.1, -0.05) is 0 Å². The Labute approximate surface area is 210 Å².